The highest BCUT2D eigenvalue weighted by Crippen LogP contribution is 2.42. The van der Waals surface area contributed by atoms with Crippen LogP contribution in [0.2, 0.25) is 0 Å². The zero-order chi connectivity index (χ0) is 22.5. The molecule has 1 atom stereocenters. The van der Waals surface area contributed by atoms with Gasteiger partial charge in [0, 0.05) is 26.3 Å². The highest BCUT2D eigenvalue weighted by molar-refractivity contribution is 6.46. The first kappa shape index (κ1) is 22.2. The number of methoxy groups -OCH3 is 3. The second-order valence-corrected chi connectivity index (χ2v) is 7.00. The van der Waals surface area contributed by atoms with Crippen molar-refractivity contribution in [3.05, 3.63) is 59.2 Å². The summed E-state index contributed by atoms with van der Waals surface area (Å²) in [5.41, 5.74) is 0.686. The lowest BCUT2D eigenvalue weighted by molar-refractivity contribution is -0.140. The highest BCUT2D eigenvalue weighted by Gasteiger charge is 2.46. The van der Waals surface area contributed by atoms with Gasteiger partial charge < -0.3 is 29.3 Å². The van der Waals surface area contributed by atoms with Crippen LogP contribution in [0.4, 0.5) is 0 Å². The number of benzene rings is 2. The number of ether oxygens (including phenoxy) is 3. The normalized spacial score (nSPS) is 17.8. The Bertz CT molecular complexity index is 1010. The summed E-state index contributed by atoms with van der Waals surface area (Å²) in [5, 5.41) is 21.1. The lowest BCUT2D eigenvalue weighted by atomic mass is 9.94. The minimum Gasteiger partial charge on any atom is -0.508 e. The molecular formula is C23H25NO7. The quantitative estimate of drug-likeness (QED) is 0.289. The second kappa shape index (κ2) is 9.53. The smallest absolute Gasteiger partial charge is 0.295 e. The van der Waals surface area contributed by atoms with E-state index in [4.69, 9.17) is 14.2 Å². The number of aromatic hydroxyl groups is 1. The number of phenolic OH excluding ortho intramolecular Hbond substituents is 1. The Morgan fingerprint density at radius 3 is 2.48 bits per heavy atom. The van der Waals surface area contributed by atoms with Gasteiger partial charge in [0.15, 0.2) is 0 Å². The predicted octanol–water partition coefficient (Wildman–Crippen LogP) is 2.87. The molecule has 2 aromatic carbocycles. The summed E-state index contributed by atoms with van der Waals surface area (Å²) < 4.78 is 15.6. The molecule has 1 unspecified atom stereocenters. The van der Waals surface area contributed by atoms with Crippen molar-refractivity contribution < 1.29 is 34.0 Å². The maximum atomic E-state index is 13.0. The molecule has 1 aliphatic rings. The van der Waals surface area contributed by atoms with Gasteiger partial charge in [-0.05, 0) is 36.2 Å². The van der Waals surface area contributed by atoms with Gasteiger partial charge in [-0.2, -0.15) is 0 Å². The first-order chi connectivity index (χ1) is 14.9. The van der Waals surface area contributed by atoms with Crippen LogP contribution >= 0.6 is 0 Å². The Hall–Kier alpha value is -3.52. The maximum Gasteiger partial charge on any atom is 0.295 e. The van der Waals surface area contributed by atoms with Gasteiger partial charge in [0.1, 0.15) is 23.0 Å². The molecule has 1 amide bonds. The lowest BCUT2D eigenvalue weighted by Crippen LogP contribution is -2.31. The largest absolute Gasteiger partial charge is 0.508 e. The highest BCUT2D eigenvalue weighted by atomic mass is 16.5. The Kier molecular flexibility index (Phi) is 6.81. The molecule has 2 N–H and O–H groups in total. The molecule has 8 nitrogen and oxygen atoms in total. The van der Waals surface area contributed by atoms with Crippen molar-refractivity contribution in [3.63, 3.8) is 0 Å². The number of rotatable bonds is 8. The molecule has 1 heterocycles. The van der Waals surface area contributed by atoms with Crippen molar-refractivity contribution in [2.45, 2.75) is 12.5 Å². The van der Waals surface area contributed by atoms with Gasteiger partial charge in [0.2, 0.25) is 0 Å². The van der Waals surface area contributed by atoms with E-state index >= 15 is 0 Å². The van der Waals surface area contributed by atoms with Crippen molar-refractivity contribution >= 4 is 17.4 Å². The number of ketones is 1. The Morgan fingerprint density at radius 2 is 1.84 bits per heavy atom. The van der Waals surface area contributed by atoms with E-state index in [2.05, 4.69) is 0 Å². The van der Waals surface area contributed by atoms with Crippen LogP contribution in [0.15, 0.2) is 48.0 Å². The van der Waals surface area contributed by atoms with E-state index in [-0.39, 0.29) is 34.9 Å². The van der Waals surface area contributed by atoms with Crippen molar-refractivity contribution in [1.82, 2.24) is 4.90 Å². The third-order valence-electron chi connectivity index (χ3n) is 5.14. The minimum atomic E-state index is -0.865. The summed E-state index contributed by atoms with van der Waals surface area (Å²) in [5.74, 6) is -1.10. The van der Waals surface area contributed by atoms with Crippen LogP contribution in [-0.4, -0.2) is 61.3 Å². The first-order valence-corrected chi connectivity index (χ1v) is 9.71. The molecule has 0 aliphatic carbocycles. The molecule has 31 heavy (non-hydrogen) atoms. The fourth-order valence-corrected chi connectivity index (χ4v) is 3.67. The Labute approximate surface area is 180 Å². The van der Waals surface area contributed by atoms with Crippen molar-refractivity contribution in [3.8, 4) is 17.2 Å². The number of likely N-dealkylation sites (tertiary alicyclic amines) is 1. The van der Waals surface area contributed by atoms with Gasteiger partial charge in [-0.15, -0.1) is 0 Å². The lowest BCUT2D eigenvalue weighted by Gasteiger charge is -2.25. The van der Waals surface area contributed by atoms with Crippen molar-refractivity contribution in [2.75, 3.05) is 34.5 Å². The number of Topliss-reactive ketones (excluding diaryl/α,β-unsaturated/α-hetero) is 1. The summed E-state index contributed by atoms with van der Waals surface area (Å²) in [6.45, 7) is 0.650. The molecular weight excluding hydrogens is 402 g/mol. The van der Waals surface area contributed by atoms with Gasteiger partial charge in [-0.1, -0.05) is 12.1 Å². The molecule has 0 bridgehead atoms. The average Bonchev–Trinajstić information content (AvgIpc) is 3.03. The van der Waals surface area contributed by atoms with Gasteiger partial charge in [-0.3, -0.25) is 9.59 Å². The van der Waals surface area contributed by atoms with Crippen LogP contribution in [0.3, 0.4) is 0 Å². The Balaban J connectivity index is 2.17. The number of amides is 1. The molecule has 2 aromatic rings. The zero-order valence-electron chi connectivity index (χ0n) is 17.6. The van der Waals surface area contributed by atoms with Gasteiger partial charge in [0.25, 0.3) is 11.7 Å². The molecule has 0 spiro atoms. The van der Waals surface area contributed by atoms with E-state index in [1.54, 1.807) is 37.4 Å². The molecule has 164 valence electrons. The summed E-state index contributed by atoms with van der Waals surface area (Å²) in [6, 6.07) is 10.2. The topological polar surface area (TPSA) is 106 Å². The predicted molar refractivity (Wildman–Crippen MR) is 113 cm³/mol. The van der Waals surface area contributed by atoms with E-state index in [0.29, 0.717) is 24.3 Å². The summed E-state index contributed by atoms with van der Waals surface area (Å²) in [7, 11) is 4.49. The number of hydrogen-bond acceptors (Lipinski definition) is 7. The van der Waals surface area contributed by atoms with E-state index < -0.39 is 17.7 Å². The minimum absolute atomic E-state index is 0.0120. The molecule has 0 saturated carbocycles. The monoisotopic (exact) mass is 427 g/mol. The number of nitrogens with zero attached hydrogens (tertiary/aromatic N) is 1. The van der Waals surface area contributed by atoms with Gasteiger partial charge >= 0.3 is 0 Å². The third kappa shape index (κ3) is 4.34. The van der Waals surface area contributed by atoms with Crippen LogP contribution in [0.5, 0.6) is 17.2 Å². The number of hydrogen-bond donors (Lipinski definition) is 2. The van der Waals surface area contributed by atoms with Crippen molar-refractivity contribution in [1.29, 1.82) is 0 Å². The van der Waals surface area contributed by atoms with Gasteiger partial charge in [-0.25, -0.2) is 0 Å². The van der Waals surface area contributed by atoms with Gasteiger partial charge in [0.05, 0.1) is 31.4 Å². The fourth-order valence-electron chi connectivity index (χ4n) is 3.67. The van der Waals surface area contributed by atoms with Crippen LogP contribution in [0.1, 0.15) is 23.6 Å². The molecule has 1 fully saturated rings. The Morgan fingerprint density at radius 1 is 1.06 bits per heavy atom. The standard InChI is InChI=1S/C23H25NO7/c1-29-11-5-10-24-20(14-6-4-7-15(25)12-14)19(22(27)23(24)28)21(26)17-9-8-16(30-2)13-18(17)31-3/h4,6-9,12-13,20,25-26H,5,10-11H2,1-3H3/b21-19-. The number of carbonyl (C=O) groups excluding carboxylic acids is 2. The van der Waals surface area contributed by atoms with Crippen LogP contribution in [-0.2, 0) is 14.3 Å². The summed E-state index contributed by atoms with van der Waals surface area (Å²) in [6.07, 6.45) is 0.505. The first-order valence-electron chi connectivity index (χ1n) is 9.71. The number of carbonyl (C=O) groups is 2. The van der Waals surface area contributed by atoms with E-state index in [0.717, 1.165) is 0 Å². The molecule has 0 aromatic heterocycles. The molecule has 8 heteroatoms. The number of aliphatic hydroxyl groups excluding tert-OH is 1. The average molecular weight is 427 g/mol. The maximum absolute atomic E-state index is 13.0. The summed E-state index contributed by atoms with van der Waals surface area (Å²) in [4.78, 5) is 27.2. The molecule has 1 aliphatic heterocycles. The molecule has 3 rings (SSSR count). The van der Waals surface area contributed by atoms with E-state index in [9.17, 15) is 19.8 Å². The number of aliphatic hydroxyl groups is 1. The molecule has 1 saturated heterocycles. The van der Waals surface area contributed by atoms with E-state index in [1.807, 2.05) is 0 Å². The molecule has 0 radical (unpaired) electrons. The van der Waals surface area contributed by atoms with Crippen LogP contribution < -0.4 is 9.47 Å². The third-order valence-corrected chi connectivity index (χ3v) is 5.14. The van der Waals surface area contributed by atoms with Crippen molar-refractivity contribution in [2.24, 2.45) is 0 Å². The summed E-state index contributed by atoms with van der Waals surface area (Å²) >= 11 is 0. The zero-order valence-corrected chi connectivity index (χ0v) is 17.6. The SMILES string of the molecule is COCCCN1C(=O)C(=O)/C(=C(\O)c2ccc(OC)cc2OC)C1c1cccc(O)c1. The fraction of sp³-hybridized carbons (Fsp3) is 0.304. The van der Waals surface area contributed by atoms with Crippen LogP contribution in [0, 0.1) is 0 Å². The number of phenols is 1. The van der Waals surface area contributed by atoms with Crippen LogP contribution in [0.25, 0.3) is 5.76 Å². The second-order valence-electron chi connectivity index (χ2n) is 7.00. The van der Waals surface area contributed by atoms with E-state index in [1.165, 1.54) is 31.3 Å².